The van der Waals surface area contributed by atoms with E-state index in [1.54, 1.807) is 28.8 Å². The Kier molecular flexibility index (Phi) is 6.94. The number of aliphatic hydroxyl groups is 2. The number of rotatable bonds is 7. The standard InChI is InChI=1S/C23H31N5O5Si.CH4/c1-23(2,3)34(4,5)33-18-17(30)15(11-29)32-22(18)28-13-26-16-19(24-12-25-20(16)28)27-21(31)14-9-7-6-8-10-14;/h6-10,12-13,15,17-18,22,29-30H,11H2,1-5H3,(H,24,25,27,31);1H4/t15-,17+,18?,22-;/m1./s1/i29D;1T. The number of ether oxygens (including phenoxy) is 1. The van der Waals surface area contributed by atoms with E-state index in [0.29, 0.717) is 16.7 Å². The van der Waals surface area contributed by atoms with Crippen LogP contribution in [0.25, 0.3) is 11.2 Å². The second kappa shape index (κ2) is 10.1. The number of carbonyl (C=O) groups excluding carboxylic acids is 1. The van der Waals surface area contributed by atoms with Gasteiger partial charge in [0.25, 0.3) is 5.91 Å². The normalized spacial score (nSPS) is 23.3. The third-order valence-electron chi connectivity index (χ3n) is 6.61. The zero-order valence-corrected chi connectivity index (χ0v) is 21.9. The van der Waals surface area contributed by atoms with Crippen LogP contribution >= 0.6 is 0 Å². The van der Waals surface area contributed by atoms with Gasteiger partial charge in [-0.05, 0) is 30.3 Å². The molecule has 0 saturated carbocycles. The van der Waals surface area contributed by atoms with Gasteiger partial charge < -0.3 is 24.7 Å². The molecule has 190 valence electrons. The molecule has 0 aliphatic carbocycles. The summed E-state index contributed by atoms with van der Waals surface area (Å²) in [6.07, 6.45) is -0.413. The minimum absolute atomic E-state index is 0.102. The number of aliphatic hydroxyl groups excluding tert-OH is 2. The van der Waals surface area contributed by atoms with Gasteiger partial charge >= 0.3 is 0 Å². The van der Waals surface area contributed by atoms with Crippen molar-refractivity contribution >= 4 is 31.2 Å². The molecule has 4 atom stereocenters. The van der Waals surface area contributed by atoms with Gasteiger partial charge in [0.1, 0.15) is 24.6 Å². The molecule has 10 nitrogen and oxygen atoms in total. The number of aromatic nitrogens is 4. The van der Waals surface area contributed by atoms with Crippen molar-refractivity contribution in [3.63, 3.8) is 0 Å². The van der Waals surface area contributed by atoms with Crippen molar-refractivity contribution in [2.45, 2.75) is 70.8 Å². The minimum atomic E-state index is -2.31. The van der Waals surface area contributed by atoms with E-state index in [1.165, 1.54) is 20.1 Å². The highest BCUT2D eigenvalue weighted by Crippen LogP contribution is 2.42. The summed E-state index contributed by atoms with van der Waals surface area (Å²) in [6, 6.07) is 8.80. The Hall–Kier alpha value is -2.70. The quantitative estimate of drug-likeness (QED) is 0.418. The lowest BCUT2D eigenvalue weighted by atomic mass is 10.1. The Balaban J connectivity index is 0.00000186. The number of fused-ring (bicyclic) bond motifs is 1. The average molecular weight is 505 g/mol. The largest absolute Gasteiger partial charge is 0.407 e. The number of imidazole rings is 1. The monoisotopic (exact) mass is 504 g/mol. The predicted molar refractivity (Wildman–Crippen MR) is 136 cm³/mol. The van der Waals surface area contributed by atoms with Crippen molar-refractivity contribution in [1.82, 2.24) is 19.5 Å². The zero-order valence-electron chi connectivity index (χ0n) is 22.9. The number of hydrogen-bond donors (Lipinski definition) is 3. The van der Waals surface area contributed by atoms with Gasteiger partial charge in [-0.25, -0.2) is 15.0 Å². The third-order valence-corrected chi connectivity index (χ3v) is 11.1. The molecule has 1 fully saturated rings. The highest BCUT2D eigenvalue weighted by molar-refractivity contribution is 6.74. The van der Waals surface area contributed by atoms with Crippen molar-refractivity contribution in [3.05, 3.63) is 48.5 Å². The van der Waals surface area contributed by atoms with Crippen LogP contribution in [-0.2, 0) is 9.16 Å². The van der Waals surface area contributed by atoms with E-state index in [0.717, 1.165) is 0 Å². The lowest BCUT2D eigenvalue weighted by Crippen LogP contribution is -2.48. The summed E-state index contributed by atoms with van der Waals surface area (Å²) >= 11 is 0. The first kappa shape index (κ1) is 24.0. The van der Waals surface area contributed by atoms with Crippen LogP contribution in [0.4, 0.5) is 5.82 Å². The molecular weight excluding hydrogens is 466 g/mol. The van der Waals surface area contributed by atoms with Crippen LogP contribution in [0.2, 0.25) is 18.1 Å². The average Bonchev–Trinajstić information content (AvgIpc) is 3.42. The predicted octanol–water partition coefficient (Wildman–Crippen LogP) is 3.36. The van der Waals surface area contributed by atoms with Crippen LogP contribution in [0.3, 0.4) is 0 Å². The lowest BCUT2D eigenvalue weighted by Gasteiger charge is -2.40. The first-order chi connectivity index (χ1) is 17.5. The molecule has 11 heteroatoms. The first-order valence-electron chi connectivity index (χ1n) is 12.6. The molecular formula is C24H35N5O5Si. The maximum atomic E-state index is 12.7. The molecule has 3 N–H and O–H groups in total. The summed E-state index contributed by atoms with van der Waals surface area (Å²) in [5.74, 6) is -0.0615. The number of nitrogens with one attached hydrogen (secondary N) is 1. The smallest absolute Gasteiger partial charge is 0.256 e. The molecule has 1 saturated heterocycles. The molecule has 0 bridgehead atoms. The molecule has 1 aliphatic rings. The number of hydrogen-bond acceptors (Lipinski definition) is 8. The van der Waals surface area contributed by atoms with Crippen molar-refractivity contribution in [2.24, 2.45) is 0 Å². The third kappa shape index (κ3) is 5.14. The zero-order chi connectivity index (χ0) is 27.4. The molecule has 3 aromatic rings. The molecule has 1 amide bonds. The van der Waals surface area contributed by atoms with Crippen molar-refractivity contribution in [1.29, 1.82) is 1.43 Å². The van der Waals surface area contributed by atoms with E-state index < -0.39 is 32.9 Å². The van der Waals surface area contributed by atoms with Gasteiger partial charge in [0.15, 0.2) is 31.5 Å². The van der Waals surface area contributed by atoms with Gasteiger partial charge in [0, 0.05) is 6.93 Å². The van der Waals surface area contributed by atoms with Crippen molar-refractivity contribution in [3.8, 4) is 0 Å². The number of nitrogens with zero attached hydrogens (tertiary/aromatic N) is 4. The number of amides is 1. The van der Waals surface area contributed by atoms with Crippen LogP contribution in [0, 0.1) is 0 Å². The Morgan fingerprint density at radius 1 is 1.31 bits per heavy atom. The van der Waals surface area contributed by atoms with Crippen LogP contribution < -0.4 is 5.32 Å². The van der Waals surface area contributed by atoms with Gasteiger partial charge in [0.2, 0.25) is 1.43 Å². The van der Waals surface area contributed by atoms with E-state index in [1.807, 2.05) is 6.07 Å². The van der Waals surface area contributed by atoms with Gasteiger partial charge in [-0.1, -0.05) is 46.4 Å². The molecule has 1 aromatic carbocycles. The van der Waals surface area contributed by atoms with Gasteiger partial charge in [0.05, 0.1) is 12.9 Å². The summed E-state index contributed by atoms with van der Waals surface area (Å²) in [5, 5.41) is 18.2. The Morgan fingerprint density at radius 3 is 2.69 bits per heavy atom. The fraction of sp³-hybridized carbons (Fsp3) is 0.500. The van der Waals surface area contributed by atoms with Crippen LogP contribution in [-0.4, -0.2) is 70.3 Å². The SMILES string of the molecule is [2H]OC[C@H]1O[C@@H](n2cnc3c(NC(=O)c4ccccc4)ncnc32)C(O[Si](C)(C)C(C)(C)C)[C@H]1O.[3H]C. The Bertz CT molecular complexity index is 1190. The molecule has 4 rings (SSSR count). The Morgan fingerprint density at radius 2 is 2.03 bits per heavy atom. The minimum Gasteiger partial charge on any atom is -0.407 e. The first-order valence-corrected chi connectivity index (χ1v) is 14.1. The van der Waals surface area contributed by atoms with Gasteiger partial charge in [-0.15, -0.1) is 0 Å². The molecule has 1 aliphatic heterocycles. The number of anilines is 1. The highest BCUT2D eigenvalue weighted by atomic mass is 28.4. The van der Waals surface area contributed by atoms with Gasteiger partial charge in [-0.2, -0.15) is 0 Å². The molecule has 35 heavy (non-hydrogen) atoms. The van der Waals surface area contributed by atoms with Crippen LogP contribution in [0.1, 0.15) is 46.1 Å². The fourth-order valence-electron chi connectivity index (χ4n) is 3.62. The maximum Gasteiger partial charge on any atom is 0.256 e. The van der Waals surface area contributed by atoms with Crippen LogP contribution in [0.5, 0.6) is 0 Å². The Labute approximate surface area is 209 Å². The van der Waals surface area contributed by atoms with E-state index in [9.17, 15) is 9.90 Å². The topological polar surface area (TPSA) is 132 Å². The summed E-state index contributed by atoms with van der Waals surface area (Å²) in [6.45, 7) is 10.4. The van der Waals surface area contributed by atoms with E-state index in [-0.39, 0.29) is 23.4 Å². The number of benzene rings is 1. The van der Waals surface area contributed by atoms with Crippen molar-refractivity contribution < 1.29 is 25.5 Å². The number of carbonyl (C=O) groups is 1. The summed E-state index contributed by atoms with van der Waals surface area (Å²) in [7, 11) is -1.06. The molecule has 3 heterocycles. The highest BCUT2D eigenvalue weighted by Gasteiger charge is 2.50. The summed E-state index contributed by atoms with van der Waals surface area (Å²) in [5.41, 5.74) is 1.28. The van der Waals surface area contributed by atoms with E-state index >= 15 is 0 Å². The fourth-order valence-corrected chi connectivity index (χ4v) is 4.91. The maximum absolute atomic E-state index is 12.7. The van der Waals surface area contributed by atoms with Gasteiger partial charge in [-0.3, -0.25) is 9.36 Å². The second-order valence-electron chi connectivity index (χ2n) is 9.93. The van der Waals surface area contributed by atoms with Crippen LogP contribution in [0.15, 0.2) is 43.0 Å². The summed E-state index contributed by atoms with van der Waals surface area (Å²) in [4.78, 5) is 25.7. The molecule has 0 spiro atoms. The van der Waals surface area contributed by atoms with E-state index in [4.69, 9.17) is 12.0 Å². The van der Waals surface area contributed by atoms with Crippen molar-refractivity contribution in [2.75, 3.05) is 11.9 Å². The summed E-state index contributed by atoms with van der Waals surface area (Å²) < 4.78 is 27.2. The molecule has 1 unspecified atom stereocenters. The second-order valence-corrected chi connectivity index (χ2v) is 14.7. The molecule has 0 radical (unpaired) electrons. The molecule has 2 aromatic heterocycles. The lowest BCUT2D eigenvalue weighted by molar-refractivity contribution is -0.0497. The van der Waals surface area contributed by atoms with E-state index in [2.05, 4.69) is 59.2 Å².